The van der Waals surface area contributed by atoms with Crippen molar-refractivity contribution in [3.63, 3.8) is 0 Å². The minimum atomic E-state index is -0.998. The van der Waals surface area contributed by atoms with Crippen LogP contribution in [0.15, 0.2) is 11.1 Å². The second kappa shape index (κ2) is 5.37. The van der Waals surface area contributed by atoms with Gasteiger partial charge in [-0.15, -0.1) is 5.10 Å². The smallest absolute Gasteiger partial charge is 0.217 e. The van der Waals surface area contributed by atoms with E-state index in [2.05, 4.69) is 45.7 Å². The molecule has 0 bridgehead atoms. The number of aromatic nitrogens is 3. The Labute approximate surface area is 103 Å². The van der Waals surface area contributed by atoms with Gasteiger partial charge in [0.05, 0.1) is 0 Å². The Bertz CT molecular complexity index is 313. The lowest BCUT2D eigenvalue weighted by Gasteiger charge is -2.21. The number of ether oxygens (including phenoxy) is 1. The Morgan fingerprint density at radius 2 is 2.27 bits per heavy atom. The molecule has 0 saturated heterocycles. The topological polar surface area (TPSA) is 39.9 Å². The summed E-state index contributed by atoms with van der Waals surface area (Å²) in [5, 5.41) is 4.10. The Balaban J connectivity index is 2.31. The van der Waals surface area contributed by atoms with E-state index in [1.807, 2.05) is 0 Å². The molecular weight excluding hydrogens is 290 g/mol. The van der Waals surface area contributed by atoms with Gasteiger partial charge in [-0.1, -0.05) is 19.6 Å². The molecule has 0 radical (unpaired) electrons. The zero-order valence-electron chi connectivity index (χ0n) is 9.70. The number of hydrogen-bond acceptors (Lipinski definition) is 3. The van der Waals surface area contributed by atoms with Crippen LogP contribution in [-0.2, 0) is 11.5 Å². The molecule has 86 valence electrons. The quantitative estimate of drug-likeness (QED) is 0.763. The van der Waals surface area contributed by atoms with Gasteiger partial charge >= 0.3 is 0 Å². The normalized spacial score (nSPS) is 14.4. The third-order valence-electron chi connectivity index (χ3n) is 1.90. The van der Waals surface area contributed by atoms with Gasteiger partial charge in [0.25, 0.3) is 0 Å². The van der Waals surface area contributed by atoms with Crippen molar-refractivity contribution in [3.05, 3.63) is 11.1 Å². The van der Waals surface area contributed by atoms with Crippen LogP contribution in [0.2, 0.25) is 25.7 Å². The van der Waals surface area contributed by atoms with Gasteiger partial charge in [0.2, 0.25) is 4.73 Å². The molecule has 0 fully saturated rings. The number of halogens is 1. The van der Waals surface area contributed by atoms with Crippen LogP contribution in [0.1, 0.15) is 0 Å². The van der Waals surface area contributed by atoms with Gasteiger partial charge in [0.15, 0.2) is 0 Å². The molecule has 0 N–H and O–H groups in total. The molecule has 1 rings (SSSR count). The highest BCUT2D eigenvalue weighted by Gasteiger charge is 2.17. The highest BCUT2D eigenvalue weighted by molar-refractivity contribution is 9.10. The van der Waals surface area contributed by atoms with Crippen LogP contribution in [0.4, 0.5) is 0 Å². The summed E-state index contributed by atoms with van der Waals surface area (Å²) in [4.78, 5) is 3.98. The molecule has 1 aromatic rings. The van der Waals surface area contributed by atoms with E-state index in [1.165, 1.54) is 6.04 Å². The fraction of sp³-hybridized carbons (Fsp3) is 0.750. The Morgan fingerprint density at radius 3 is 2.73 bits per heavy atom. The van der Waals surface area contributed by atoms with Crippen molar-refractivity contribution in [2.45, 2.75) is 38.1 Å². The van der Waals surface area contributed by atoms with E-state index in [4.69, 9.17) is 4.74 Å². The molecule has 1 atom stereocenters. The van der Waals surface area contributed by atoms with Crippen LogP contribution in [0, 0.1) is 0 Å². The molecule has 0 aliphatic rings. The summed E-state index contributed by atoms with van der Waals surface area (Å²) in [6, 6.07) is 1.23. The Kier molecular flexibility index (Phi) is 4.69. The van der Waals surface area contributed by atoms with Crippen LogP contribution in [0.5, 0.6) is 0 Å². The van der Waals surface area contributed by atoms with Gasteiger partial charge in [0.1, 0.15) is 13.1 Å². The van der Waals surface area contributed by atoms with Crippen molar-refractivity contribution in [3.8, 4) is 0 Å². The number of rotatable bonds is 5. The van der Waals surface area contributed by atoms with Crippen LogP contribution < -0.4 is 0 Å². The highest BCUT2D eigenvalue weighted by atomic mass is 79.9. The summed E-state index contributed by atoms with van der Waals surface area (Å²) in [6.07, 6.45) is 1.67. The van der Waals surface area contributed by atoms with E-state index < -0.39 is 8.07 Å². The third kappa shape index (κ3) is 5.59. The molecule has 1 aromatic heterocycles. The molecule has 0 aromatic carbocycles. The van der Waals surface area contributed by atoms with Gasteiger partial charge in [-0.2, -0.15) is 0 Å². The largest absolute Gasteiger partial charge is 0.361 e. The van der Waals surface area contributed by atoms with Crippen molar-refractivity contribution in [1.82, 2.24) is 14.8 Å². The van der Waals surface area contributed by atoms with Gasteiger partial charge in [-0.3, -0.25) is 0 Å². The molecule has 0 spiro atoms. The minimum Gasteiger partial charge on any atom is -0.361 e. The van der Waals surface area contributed by atoms with Crippen LogP contribution in [-0.4, -0.2) is 38.8 Å². The molecular formula is C8H18BrN3OSi2. The van der Waals surface area contributed by atoms with Crippen LogP contribution in [0.3, 0.4) is 0 Å². The Morgan fingerprint density at radius 1 is 1.60 bits per heavy atom. The zero-order chi connectivity index (χ0) is 11.5. The molecule has 0 aliphatic carbocycles. The van der Waals surface area contributed by atoms with Gasteiger partial charge in [-0.25, -0.2) is 9.67 Å². The van der Waals surface area contributed by atoms with E-state index in [0.717, 1.165) is 10.2 Å². The second-order valence-electron chi connectivity index (χ2n) is 4.92. The first kappa shape index (κ1) is 13.1. The lowest BCUT2D eigenvalue weighted by molar-refractivity contribution is 0.0539. The fourth-order valence-electron chi connectivity index (χ4n) is 1.46. The van der Waals surface area contributed by atoms with Crippen molar-refractivity contribution < 1.29 is 4.74 Å². The summed E-state index contributed by atoms with van der Waals surface area (Å²) in [5.74, 6) is 0. The Hall–Kier alpha value is 0.0138. The van der Waals surface area contributed by atoms with Gasteiger partial charge in [0, 0.05) is 24.0 Å². The van der Waals surface area contributed by atoms with Crippen LogP contribution >= 0.6 is 15.9 Å². The number of nitrogens with zero attached hydrogens (tertiary/aromatic N) is 3. The zero-order valence-corrected chi connectivity index (χ0v) is 14.3. The van der Waals surface area contributed by atoms with E-state index in [-0.39, 0.29) is 0 Å². The lowest BCUT2D eigenvalue weighted by atomic mass is 10.8. The van der Waals surface area contributed by atoms with Crippen molar-refractivity contribution >= 4 is 34.2 Å². The fourth-order valence-corrected chi connectivity index (χ4v) is 7.42. The molecule has 1 unspecified atom stereocenters. The van der Waals surface area contributed by atoms with Crippen molar-refractivity contribution in [1.29, 1.82) is 0 Å². The summed E-state index contributed by atoms with van der Waals surface area (Å²) < 4.78 is 8.07. The van der Waals surface area contributed by atoms with E-state index >= 15 is 0 Å². The first-order valence-corrected chi connectivity index (χ1v) is 10.7. The van der Waals surface area contributed by atoms with Crippen LogP contribution in [0.25, 0.3) is 0 Å². The molecule has 1 heterocycles. The molecule has 7 heteroatoms. The summed E-state index contributed by atoms with van der Waals surface area (Å²) in [7, 11) is 0.0787. The van der Waals surface area contributed by atoms with Crippen molar-refractivity contribution in [2.75, 3.05) is 0 Å². The third-order valence-corrected chi connectivity index (χ3v) is 5.62. The number of hydrogen-bond donors (Lipinski definition) is 0. The predicted octanol–water partition coefficient (Wildman–Crippen LogP) is 1.04. The molecule has 4 nitrogen and oxygen atoms in total. The maximum absolute atomic E-state index is 5.75. The maximum Gasteiger partial charge on any atom is 0.217 e. The van der Waals surface area contributed by atoms with Gasteiger partial charge < -0.3 is 4.74 Å². The SMILES string of the molecule is C[Si](C)(C)CC([SiH3])OCn1cnc(Br)n1. The molecule has 0 amide bonds. The summed E-state index contributed by atoms with van der Waals surface area (Å²) >= 11 is 3.20. The van der Waals surface area contributed by atoms with E-state index in [1.54, 1.807) is 11.0 Å². The highest BCUT2D eigenvalue weighted by Crippen LogP contribution is 2.12. The first-order valence-electron chi connectivity index (χ1n) is 5.03. The van der Waals surface area contributed by atoms with E-state index in [0.29, 0.717) is 17.2 Å². The molecule has 0 saturated carbocycles. The molecule has 0 aliphatic heterocycles. The second-order valence-corrected chi connectivity index (χ2v) is 12.5. The molecule has 15 heavy (non-hydrogen) atoms. The first-order chi connectivity index (χ1) is 6.87. The van der Waals surface area contributed by atoms with Crippen molar-refractivity contribution in [2.24, 2.45) is 0 Å². The average Bonchev–Trinajstić information content (AvgIpc) is 2.45. The summed E-state index contributed by atoms with van der Waals surface area (Å²) in [6.45, 7) is 7.62. The van der Waals surface area contributed by atoms with Gasteiger partial charge in [-0.05, 0) is 22.0 Å². The minimum absolute atomic E-state index is 0.430. The average molecular weight is 308 g/mol. The maximum atomic E-state index is 5.75. The van der Waals surface area contributed by atoms with E-state index in [9.17, 15) is 0 Å². The summed E-state index contributed by atoms with van der Waals surface area (Å²) in [5.41, 5.74) is 0.430. The predicted molar refractivity (Wildman–Crippen MR) is 70.7 cm³/mol. The lowest BCUT2D eigenvalue weighted by Crippen LogP contribution is -2.29. The monoisotopic (exact) mass is 307 g/mol. The standard InChI is InChI=1S/C8H18BrN3OSi2/c1-15(2,3)4-7(14)13-6-12-5-10-8(9)11-12/h5,7H,4,6H2,1-3,14H3.